The standard InChI is InChI=1S/C25H15Cl4N3O2S/c26-15-6-8-19(28)14(10-15)11-22-24(34)32(17-4-2-1-3-5-17)25(35-22)18(13-30)23(33)31-21-12-16(27)7-9-20(21)29/h1-10,12,22H,11H2,(H,31,33)/b25-18-/t22-/m1/s1. The lowest BCUT2D eigenvalue weighted by Crippen LogP contribution is -2.31. The number of carbonyl (C=O) groups excluding carboxylic acids is 2. The van der Waals surface area contributed by atoms with Crippen molar-refractivity contribution < 1.29 is 9.59 Å². The van der Waals surface area contributed by atoms with E-state index in [1.165, 1.54) is 17.0 Å². The SMILES string of the molecule is N#C/C(C(=O)Nc1cc(Cl)ccc1Cl)=C1/S[C@H](Cc2cc(Cl)ccc2Cl)C(=O)N1c1ccccc1. The summed E-state index contributed by atoms with van der Waals surface area (Å²) >= 11 is 25.8. The van der Waals surface area contributed by atoms with Gasteiger partial charge in [0, 0.05) is 20.8 Å². The molecule has 2 amide bonds. The molecule has 5 nitrogen and oxygen atoms in total. The van der Waals surface area contributed by atoms with Crippen LogP contribution in [0.4, 0.5) is 11.4 Å². The molecule has 0 aromatic heterocycles. The van der Waals surface area contributed by atoms with Crippen LogP contribution in [0.3, 0.4) is 0 Å². The van der Waals surface area contributed by atoms with Gasteiger partial charge in [0.05, 0.1) is 16.0 Å². The number of para-hydroxylation sites is 1. The first-order valence-corrected chi connectivity index (χ1v) is 12.6. The molecule has 1 fully saturated rings. The summed E-state index contributed by atoms with van der Waals surface area (Å²) in [6.45, 7) is 0. The first-order valence-electron chi connectivity index (χ1n) is 10.2. The zero-order valence-electron chi connectivity index (χ0n) is 17.8. The number of nitrogens with zero attached hydrogens (tertiary/aromatic N) is 2. The first kappa shape index (κ1) is 25.4. The van der Waals surface area contributed by atoms with Crippen molar-refractivity contribution in [2.24, 2.45) is 0 Å². The maximum absolute atomic E-state index is 13.5. The highest BCUT2D eigenvalue weighted by Gasteiger charge is 2.41. The van der Waals surface area contributed by atoms with E-state index in [2.05, 4.69) is 5.32 Å². The minimum absolute atomic E-state index is 0.211. The van der Waals surface area contributed by atoms with Crippen LogP contribution in [0.5, 0.6) is 0 Å². The van der Waals surface area contributed by atoms with Gasteiger partial charge in [-0.1, -0.05) is 76.4 Å². The predicted octanol–water partition coefficient (Wildman–Crippen LogP) is 7.37. The lowest BCUT2D eigenvalue weighted by Gasteiger charge is -2.18. The van der Waals surface area contributed by atoms with Gasteiger partial charge in [0.15, 0.2) is 0 Å². The molecule has 1 saturated heterocycles. The van der Waals surface area contributed by atoms with Gasteiger partial charge in [0.25, 0.3) is 5.91 Å². The molecule has 0 saturated carbocycles. The van der Waals surface area contributed by atoms with Gasteiger partial charge in [-0.3, -0.25) is 14.5 Å². The molecule has 0 unspecified atom stereocenters. The van der Waals surface area contributed by atoms with Crippen LogP contribution in [0, 0.1) is 11.3 Å². The molecule has 35 heavy (non-hydrogen) atoms. The number of hydrogen-bond acceptors (Lipinski definition) is 4. The summed E-state index contributed by atoms with van der Waals surface area (Å²) in [4.78, 5) is 28.1. The highest BCUT2D eigenvalue weighted by atomic mass is 35.5. The Labute approximate surface area is 226 Å². The van der Waals surface area contributed by atoms with Gasteiger partial charge in [-0.05, 0) is 60.5 Å². The van der Waals surface area contributed by atoms with Gasteiger partial charge in [-0.2, -0.15) is 5.26 Å². The van der Waals surface area contributed by atoms with Gasteiger partial charge in [0.2, 0.25) is 5.91 Å². The Morgan fingerprint density at radius 1 is 0.971 bits per heavy atom. The topological polar surface area (TPSA) is 73.2 Å². The van der Waals surface area contributed by atoms with Gasteiger partial charge >= 0.3 is 0 Å². The number of amides is 2. The smallest absolute Gasteiger partial charge is 0.269 e. The third-order valence-electron chi connectivity index (χ3n) is 5.11. The minimum Gasteiger partial charge on any atom is -0.320 e. The molecule has 0 aliphatic carbocycles. The molecule has 0 bridgehead atoms. The van der Waals surface area contributed by atoms with Crippen LogP contribution >= 0.6 is 58.2 Å². The molecule has 1 heterocycles. The Morgan fingerprint density at radius 2 is 1.63 bits per heavy atom. The van der Waals surface area contributed by atoms with Crippen molar-refractivity contribution in [3.8, 4) is 6.07 Å². The fourth-order valence-corrected chi connectivity index (χ4v) is 5.50. The molecule has 0 spiro atoms. The molecule has 1 atom stereocenters. The van der Waals surface area contributed by atoms with Crippen LogP contribution in [0.25, 0.3) is 0 Å². The Morgan fingerprint density at radius 3 is 2.31 bits per heavy atom. The van der Waals surface area contributed by atoms with Crippen LogP contribution in [-0.2, 0) is 16.0 Å². The number of anilines is 2. The van der Waals surface area contributed by atoms with E-state index in [0.29, 0.717) is 26.3 Å². The van der Waals surface area contributed by atoms with Crippen LogP contribution in [-0.4, -0.2) is 17.1 Å². The first-order chi connectivity index (χ1) is 16.8. The molecule has 0 radical (unpaired) electrons. The molecule has 3 aromatic rings. The number of nitriles is 1. The number of hydrogen-bond donors (Lipinski definition) is 1. The second kappa shape index (κ2) is 10.9. The number of thioether (sulfide) groups is 1. The van der Waals surface area contributed by atoms with E-state index in [1.54, 1.807) is 48.5 Å². The summed E-state index contributed by atoms with van der Waals surface area (Å²) < 4.78 is 0. The van der Waals surface area contributed by atoms with Crippen LogP contribution in [0.2, 0.25) is 20.1 Å². The van der Waals surface area contributed by atoms with Crippen molar-refractivity contribution in [3.05, 3.63) is 103 Å². The summed E-state index contributed by atoms with van der Waals surface area (Å²) in [5.41, 5.74) is 1.23. The van der Waals surface area contributed by atoms with E-state index in [4.69, 9.17) is 46.4 Å². The molecule has 176 valence electrons. The Kier molecular flexibility index (Phi) is 7.95. The normalized spacial score (nSPS) is 16.7. The second-order valence-electron chi connectivity index (χ2n) is 7.43. The molecule has 10 heteroatoms. The van der Waals surface area contributed by atoms with Gasteiger partial charge in [-0.15, -0.1) is 0 Å². The lowest BCUT2D eigenvalue weighted by atomic mass is 10.1. The second-order valence-corrected chi connectivity index (χ2v) is 10.3. The fraction of sp³-hybridized carbons (Fsp3) is 0.0800. The Bertz CT molecular complexity index is 1390. The maximum Gasteiger partial charge on any atom is 0.269 e. The monoisotopic (exact) mass is 561 g/mol. The summed E-state index contributed by atoms with van der Waals surface area (Å²) in [5.74, 6) is -0.997. The molecule has 4 rings (SSSR count). The van der Waals surface area contributed by atoms with Crippen molar-refractivity contribution in [2.75, 3.05) is 10.2 Å². The number of benzene rings is 3. The maximum atomic E-state index is 13.5. The van der Waals surface area contributed by atoms with E-state index < -0.39 is 11.2 Å². The van der Waals surface area contributed by atoms with Crippen molar-refractivity contribution in [1.82, 2.24) is 0 Å². The molecule has 1 N–H and O–H groups in total. The molecular formula is C25H15Cl4N3O2S. The molecule has 1 aliphatic rings. The third kappa shape index (κ3) is 5.61. The van der Waals surface area contributed by atoms with E-state index in [1.807, 2.05) is 12.1 Å². The fourth-order valence-electron chi connectivity index (χ4n) is 3.48. The van der Waals surface area contributed by atoms with Crippen LogP contribution in [0.1, 0.15) is 5.56 Å². The summed E-state index contributed by atoms with van der Waals surface area (Å²) in [5, 5.41) is 13.7. The largest absolute Gasteiger partial charge is 0.320 e. The minimum atomic E-state index is -0.714. The van der Waals surface area contributed by atoms with E-state index >= 15 is 0 Å². The Balaban J connectivity index is 1.74. The van der Waals surface area contributed by atoms with Crippen molar-refractivity contribution in [2.45, 2.75) is 11.7 Å². The highest BCUT2D eigenvalue weighted by molar-refractivity contribution is 8.05. The van der Waals surface area contributed by atoms with Gasteiger partial charge < -0.3 is 5.32 Å². The van der Waals surface area contributed by atoms with Crippen LogP contribution in [0.15, 0.2) is 77.3 Å². The molecule has 1 aliphatic heterocycles. The number of rotatable bonds is 5. The lowest BCUT2D eigenvalue weighted by molar-refractivity contribution is -0.117. The summed E-state index contributed by atoms with van der Waals surface area (Å²) in [7, 11) is 0. The molecular weight excluding hydrogens is 548 g/mol. The quantitative estimate of drug-likeness (QED) is 0.260. The third-order valence-corrected chi connectivity index (χ3v) is 7.54. The number of halogens is 4. The van der Waals surface area contributed by atoms with Crippen molar-refractivity contribution in [3.63, 3.8) is 0 Å². The predicted molar refractivity (Wildman–Crippen MR) is 143 cm³/mol. The van der Waals surface area contributed by atoms with Gasteiger partial charge in [0.1, 0.15) is 16.7 Å². The summed E-state index contributed by atoms with van der Waals surface area (Å²) in [6.07, 6.45) is 0.260. The average molecular weight is 563 g/mol. The molecule has 3 aromatic carbocycles. The van der Waals surface area contributed by atoms with Crippen molar-refractivity contribution in [1.29, 1.82) is 5.26 Å². The zero-order valence-corrected chi connectivity index (χ0v) is 21.6. The number of carbonyl (C=O) groups is 2. The van der Waals surface area contributed by atoms with E-state index in [-0.39, 0.29) is 33.6 Å². The van der Waals surface area contributed by atoms with E-state index in [9.17, 15) is 14.9 Å². The highest BCUT2D eigenvalue weighted by Crippen LogP contribution is 2.42. The Hall–Kier alpha value is -2.66. The van der Waals surface area contributed by atoms with Crippen LogP contribution < -0.4 is 10.2 Å². The summed E-state index contributed by atoms with van der Waals surface area (Å²) in [6, 6.07) is 20.4. The average Bonchev–Trinajstić information content (AvgIpc) is 3.15. The zero-order chi connectivity index (χ0) is 25.1. The van der Waals surface area contributed by atoms with E-state index in [0.717, 1.165) is 11.8 Å². The number of nitrogens with one attached hydrogen (secondary N) is 1. The van der Waals surface area contributed by atoms with Gasteiger partial charge in [-0.25, -0.2) is 0 Å². The van der Waals surface area contributed by atoms with Crippen molar-refractivity contribution >= 4 is 81.4 Å².